The van der Waals surface area contributed by atoms with Gasteiger partial charge in [0.2, 0.25) is 0 Å². The molecule has 0 heterocycles. The maximum absolute atomic E-state index is 12.0. The van der Waals surface area contributed by atoms with E-state index in [1.165, 1.54) is 0 Å². The van der Waals surface area contributed by atoms with Crippen LogP contribution in [0.4, 0.5) is 10.5 Å². The van der Waals surface area contributed by atoms with Crippen molar-refractivity contribution < 1.29 is 19.3 Å². The summed E-state index contributed by atoms with van der Waals surface area (Å²) in [7, 11) is 1.70. The largest absolute Gasteiger partial charge is 0.338 e. The van der Waals surface area contributed by atoms with E-state index in [2.05, 4.69) is 16.0 Å². The molecule has 0 aliphatic carbocycles. The highest BCUT2D eigenvalue weighted by Gasteiger charge is 2.16. The Morgan fingerprint density at radius 3 is 2.46 bits per heavy atom. The zero-order valence-electron chi connectivity index (χ0n) is 13.9. The van der Waals surface area contributed by atoms with Crippen LogP contribution in [0.1, 0.15) is 19.8 Å². The van der Waals surface area contributed by atoms with Crippen molar-refractivity contribution in [2.24, 2.45) is 0 Å². The molecule has 0 fully saturated rings. The molecule has 0 aromatic heterocycles. The second kappa shape index (κ2) is 10.6. The number of anilines is 1. The zero-order valence-corrected chi connectivity index (χ0v) is 14.7. The fourth-order valence-corrected chi connectivity index (χ4v) is 2.14. The molecule has 4 N–H and O–H groups in total. The van der Waals surface area contributed by atoms with Crippen molar-refractivity contribution in [1.82, 2.24) is 10.6 Å². The highest BCUT2D eigenvalue weighted by molar-refractivity contribution is 6.33. The second-order valence-electron chi connectivity index (χ2n) is 5.50. The third-order valence-electron chi connectivity index (χ3n) is 3.14. The summed E-state index contributed by atoms with van der Waals surface area (Å²) in [6, 6.07) is 6.40. The summed E-state index contributed by atoms with van der Waals surface area (Å²) >= 11 is 5.97. The number of likely N-dealkylation sites (N-methyl/N-ethyl adjacent to an activating group) is 1. The zero-order chi connectivity index (χ0) is 17.9. The van der Waals surface area contributed by atoms with Gasteiger partial charge in [-0.05, 0) is 18.6 Å². The molecule has 1 aromatic rings. The lowest BCUT2D eigenvalue weighted by Crippen LogP contribution is -3.11. The Bertz CT molecular complexity index is 580. The van der Waals surface area contributed by atoms with Crippen LogP contribution < -0.4 is 20.9 Å². The summed E-state index contributed by atoms with van der Waals surface area (Å²) < 4.78 is 0. The van der Waals surface area contributed by atoms with E-state index in [-0.39, 0.29) is 19.0 Å². The Kier molecular flexibility index (Phi) is 8.81. The maximum atomic E-state index is 12.0. The number of urea groups is 1. The van der Waals surface area contributed by atoms with Crippen molar-refractivity contribution in [1.29, 1.82) is 0 Å². The van der Waals surface area contributed by atoms with Gasteiger partial charge in [-0.1, -0.05) is 37.1 Å². The van der Waals surface area contributed by atoms with Crippen molar-refractivity contribution in [2.45, 2.75) is 19.8 Å². The Labute approximate surface area is 146 Å². The minimum Gasteiger partial charge on any atom is -0.338 e. The van der Waals surface area contributed by atoms with Crippen LogP contribution in [0.15, 0.2) is 24.3 Å². The monoisotopic (exact) mass is 355 g/mol. The van der Waals surface area contributed by atoms with E-state index in [1.807, 2.05) is 6.92 Å². The van der Waals surface area contributed by atoms with Gasteiger partial charge in [0, 0.05) is 6.54 Å². The summed E-state index contributed by atoms with van der Waals surface area (Å²) in [5.41, 5.74) is 0.525. The van der Waals surface area contributed by atoms with Crippen LogP contribution >= 0.6 is 11.6 Å². The first-order chi connectivity index (χ1) is 11.4. The predicted molar refractivity (Wildman–Crippen MR) is 93.2 cm³/mol. The number of nitrogens with one attached hydrogen (secondary N) is 4. The Hall–Kier alpha value is -2.12. The normalized spacial score (nSPS) is 11.5. The number of unbranched alkanes of at least 4 members (excludes halogenated alkanes) is 1. The number of hydrogen-bond acceptors (Lipinski definition) is 3. The minimum absolute atomic E-state index is 0.0111. The molecule has 1 rings (SSSR count). The third-order valence-corrected chi connectivity index (χ3v) is 3.47. The number of halogens is 1. The molecule has 0 aliphatic rings. The fourth-order valence-electron chi connectivity index (χ4n) is 1.96. The molecular weight excluding hydrogens is 332 g/mol. The van der Waals surface area contributed by atoms with Gasteiger partial charge < -0.3 is 15.5 Å². The van der Waals surface area contributed by atoms with Gasteiger partial charge in [-0.25, -0.2) is 4.79 Å². The summed E-state index contributed by atoms with van der Waals surface area (Å²) in [5.74, 6) is -0.701. The summed E-state index contributed by atoms with van der Waals surface area (Å²) in [6.45, 7) is 2.63. The average Bonchev–Trinajstić information content (AvgIpc) is 2.49. The van der Waals surface area contributed by atoms with Crippen LogP contribution in [0, 0.1) is 0 Å². The Morgan fingerprint density at radius 2 is 1.79 bits per heavy atom. The quantitative estimate of drug-likeness (QED) is 0.509. The number of quaternary nitrogens is 1. The second-order valence-corrected chi connectivity index (χ2v) is 5.90. The Morgan fingerprint density at radius 1 is 1.12 bits per heavy atom. The average molecular weight is 356 g/mol. The molecule has 0 radical (unpaired) electrons. The highest BCUT2D eigenvalue weighted by atomic mass is 35.5. The number of carbonyl (C=O) groups excluding carboxylic acids is 3. The first-order valence-electron chi connectivity index (χ1n) is 7.85. The number of para-hydroxylation sites is 1. The van der Waals surface area contributed by atoms with Gasteiger partial charge in [0.05, 0.1) is 17.8 Å². The van der Waals surface area contributed by atoms with Crippen LogP contribution in [0.3, 0.4) is 0 Å². The standard InChI is InChI=1S/C16H23ClN4O3/c1-3-4-9-18-16(24)20-15(23)11-21(2)10-14(22)19-13-8-6-5-7-12(13)17/h5-8H,3-4,9-11H2,1-2H3,(H,19,22)(H2,18,20,23,24)/p+1. The SMILES string of the molecule is CCCCNC(=O)NC(=O)C[NH+](C)CC(=O)Nc1ccccc1Cl. The predicted octanol–water partition coefficient (Wildman–Crippen LogP) is 0.419. The number of imide groups is 1. The van der Waals surface area contributed by atoms with Gasteiger partial charge in [0.15, 0.2) is 13.1 Å². The lowest BCUT2D eigenvalue weighted by Gasteiger charge is -2.14. The number of hydrogen-bond donors (Lipinski definition) is 4. The van der Waals surface area contributed by atoms with Crippen LogP contribution in [0.5, 0.6) is 0 Å². The van der Waals surface area contributed by atoms with E-state index in [0.717, 1.165) is 12.8 Å². The van der Waals surface area contributed by atoms with Gasteiger partial charge in [-0.2, -0.15) is 0 Å². The molecule has 1 aromatic carbocycles. The smallest absolute Gasteiger partial charge is 0.321 e. The molecule has 132 valence electrons. The van der Waals surface area contributed by atoms with Crippen molar-refractivity contribution in [3.63, 3.8) is 0 Å². The van der Waals surface area contributed by atoms with Gasteiger partial charge in [-0.3, -0.25) is 14.9 Å². The number of benzene rings is 1. The Balaban J connectivity index is 2.33. The molecular formula is C16H24ClN4O3+. The van der Waals surface area contributed by atoms with Crippen LogP contribution in [-0.2, 0) is 9.59 Å². The first-order valence-corrected chi connectivity index (χ1v) is 8.23. The van der Waals surface area contributed by atoms with Crippen LogP contribution in [0.25, 0.3) is 0 Å². The molecule has 24 heavy (non-hydrogen) atoms. The van der Waals surface area contributed by atoms with Crippen molar-refractivity contribution in [3.8, 4) is 0 Å². The van der Waals surface area contributed by atoms with E-state index < -0.39 is 11.9 Å². The van der Waals surface area contributed by atoms with Crippen LogP contribution in [-0.4, -0.2) is 44.5 Å². The molecule has 1 unspecified atom stereocenters. The molecule has 0 spiro atoms. The lowest BCUT2D eigenvalue weighted by molar-refractivity contribution is -0.862. The molecule has 4 amide bonds. The van der Waals surface area contributed by atoms with E-state index in [1.54, 1.807) is 31.3 Å². The fraction of sp³-hybridized carbons (Fsp3) is 0.438. The number of carbonyl (C=O) groups is 3. The molecule has 1 atom stereocenters. The topological polar surface area (TPSA) is 91.7 Å². The minimum atomic E-state index is -0.512. The maximum Gasteiger partial charge on any atom is 0.321 e. The van der Waals surface area contributed by atoms with E-state index in [0.29, 0.717) is 22.2 Å². The third kappa shape index (κ3) is 7.94. The lowest BCUT2D eigenvalue weighted by atomic mass is 10.3. The molecule has 0 aliphatic heterocycles. The highest BCUT2D eigenvalue weighted by Crippen LogP contribution is 2.19. The molecule has 0 bridgehead atoms. The van der Waals surface area contributed by atoms with Gasteiger partial charge in [0.25, 0.3) is 11.8 Å². The summed E-state index contributed by atoms with van der Waals surface area (Å²) in [4.78, 5) is 35.8. The summed E-state index contributed by atoms with van der Waals surface area (Å²) in [6.07, 6.45) is 1.82. The molecule has 0 saturated heterocycles. The summed E-state index contributed by atoms with van der Waals surface area (Å²) in [5, 5.41) is 7.97. The molecule has 8 heteroatoms. The van der Waals surface area contributed by atoms with Crippen molar-refractivity contribution >= 4 is 35.1 Å². The van der Waals surface area contributed by atoms with Gasteiger partial charge in [-0.15, -0.1) is 0 Å². The van der Waals surface area contributed by atoms with Gasteiger partial charge in [0.1, 0.15) is 0 Å². The molecule has 0 saturated carbocycles. The number of amides is 4. The van der Waals surface area contributed by atoms with E-state index >= 15 is 0 Å². The number of rotatable bonds is 8. The van der Waals surface area contributed by atoms with Crippen LogP contribution in [0.2, 0.25) is 5.02 Å². The first kappa shape index (κ1) is 19.9. The van der Waals surface area contributed by atoms with E-state index in [4.69, 9.17) is 11.6 Å². The van der Waals surface area contributed by atoms with Crippen molar-refractivity contribution in [3.05, 3.63) is 29.3 Å². The van der Waals surface area contributed by atoms with Crippen molar-refractivity contribution in [2.75, 3.05) is 32.0 Å². The molecule has 7 nitrogen and oxygen atoms in total. The van der Waals surface area contributed by atoms with Gasteiger partial charge >= 0.3 is 6.03 Å². The van der Waals surface area contributed by atoms with E-state index in [9.17, 15) is 14.4 Å².